The van der Waals surface area contributed by atoms with Crippen LogP contribution < -0.4 is 5.32 Å². The third-order valence-electron chi connectivity index (χ3n) is 6.35. The van der Waals surface area contributed by atoms with Crippen molar-refractivity contribution in [2.24, 2.45) is 17.8 Å². The molecule has 3 aromatic heterocycles. The third kappa shape index (κ3) is 3.08. The number of fused-ring (bicyclic) bond motifs is 4. The van der Waals surface area contributed by atoms with E-state index in [1.54, 1.807) is 6.07 Å². The molecule has 6 rings (SSSR count). The van der Waals surface area contributed by atoms with E-state index in [-0.39, 0.29) is 29.0 Å². The number of hydrogen-bond donors (Lipinski definition) is 3. The lowest BCUT2D eigenvalue weighted by Gasteiger charge is -2.47. The molecule has 0 spiro atoms. The number of carboxylic acids is 1. The van der Waals surface area contributed by atoms with Crippen LogP contribution in [-0.2, 0) is 4.79 Å². The zero-order chi connectivity index (χ0) is 21.0. The highest BCUT2D eigenvalue weighted by atomic mass is 35.5. The summed E-state index contributed by atoms with van der Waals surface area (Å²) in [7, 11) is 0. The average molecular weight is 434 g/mol. The highest BCUT2D eigenvalue weighted by Gasteiger charge is 2.47. The van der Waals surface area contributed by atoms with Crippen molar-refractivity contribution in [1.29, 1.82) is 0 Å². The summed E-state index contributed by atoms with van der Waals surface area (Å²) in [6.07, 6.45) is 4.91. The van der Waals surface area contributed by atoms with E-state index in [9.17, 15) is 18.7 Å². The second-order valence-electron chi connectivity index (χ2n) is 7.98. The highest BCUT2D eigenvalue weighted by molar-refractivity contribution is 6.31. The molecule has 30 heavy (non-hydrogen) atoms. The molecule has 1 unspecified atom stereocenters. The number of nitrogens with one attached hydrogen (secondary N) is 2. The first kappa shape index (κ1) is 19.2. The molecule has 156 valence electrons. The molecular weight excluding hydrogens is 416 g/mol. The van der Waals surface area contributed by atoms with Crippen molar-refractivity contribution in [3.05, 3.63) is 35.0 Å². The molecule has 7 nitrogen and oxygen atoms in total. The van der Waals surface area contributed by atoms with E-state index in [0.717, 1.165) is 31.7 Å². The summed E-state index contributed by atoms with van der Waals surface area (Å²) in [5.41, 5.74) is 0.406. The third-order valence-corrected chi connectivity index (χ3v) is 6.56. The van der Waals surface area contributed by atoms with Crippen LogP contribution in [0.25, 0.3) is 22.4 Å². The molecule has 2 atom stereocenters. The summed E-state index contributed by atoms with van der Waals surface area (Å²) in [5.74, 6) is -3.27. The van der Waals surface area contributed by atoms with Gasteiger partial charge in [-0.15, -0.1) is 0 Å². The van der Waals surface area contributed by atoms with Gasteiger partial charge in [-0.3, -0.25) is 9.89 Å². The van der Waals surface area contributed by atoms with Crippen molar-refractivity contribution in [2.75, 3.05) is 5.32 Å². The first-order valence-electron chi connectivity index (χ1n) is 9.77. The molecule has 0 radical (unpaired) electrons. The van der Waals surface area contributed by atoms with Gasteiger partial charge in [0.2, 0.25) is 0 Å². The van der Waals surface area contributed by atoms with Gasteiger partial charge in [0.15, 0.2) is 23.1 Å². The van der Waals surface area contributed by atoms with Gasteiger partial charge in [0.05, 0.1) is 16.6 Å². The normalized spacial score (nSPS) is 25.6. The average Bonchev–Trinajstić information content (AvgIpc) is 3.13. The molecule has 3 aliphatic carbocycles. The molecule has 2 bridgehead atoms. The lowest BCUT2D eigenvalue weighted by atomic mass is 9.61. The lowest BCUT2D eigenvalue weighted by Crippen LogP contribution is -2.51. The molecule has 3 N–H and O–H groups in total. The Morgan fingerprint density at radius 1 is 1.17 bits per heavy atom. The van der Waals surface area contributed by atoms with E-state index in [0.29, 0.717) is 16.1 Å². The Hall–Kier alpha value is -2.81. The zero-order valence-electron chi connectivity index (χ0n) is 15.7. The van der Waals surface area contributed by atoms with Gasteiger partial charge in [0.25, 0.3) is 0 Å². The summed E-state index contributed by atoms with van der Waals surface area (Å²) in [4.78, 5) is 20.1. The van der Waals surface area contributed by atoms with Crippen LogP contribution in [-0.4, -0.2) is 37.3 Å². The number of carbonyl (C=O) groups is 1. The van der Waals surface area contributed by atoms with Crippen LogP contribution in [0.15, 0.2) is 18.3 Å². The molecule has 10 heteroatoms. The first-order chi connectivity index (χ1) is 14.4. The number of anilines is 1. The Morgan fingerprint density at radius 2 is 1.90 bits per heavy atom. The van der Waals surface area contributed by atoms with Crippen molar-refractivity contribution in [3.8, 4) is 11.4 Å². The van der Waals surface area contributed by atoms with Crippen LogP contribution in [0.3, 0.4) is 0 Å². The monoisotopic (exact) mass is 433 g/mol. The van der Waals surface area contributed by atoms with Gasteiger partial charge < -0.3 is 10.4 Å². The van der Waals surface area contributed by atoms with E-state index in [2.05, 4.69) is 25.5 Å². The fourth-order valence-corrected chi connectivity index (χ4v) is 5.13. The van der Waals surface area contributed by atoms with Crippen LogP contribution in [0.4, 0.5) is 14.6 Å². The topological polar surface area (TPSA) is 104 Å². The van der Waals surface area contributed by atoms with Crippen molar-refractivity contribution in [1.82, 2.24) is 20.2 Å². The summed E-state index contributed by atoms with van der Waals surface area (Å²) in [6.45, 7) is 0. The SMILES string of the molecule is O=C(O)[C@@H]1C2CCC(CC2)C1Nc1nc(-c2[nH]nc3ncc(Cl)cc23)c(F)cc1F. The quantitative estimate of drug-likeness (QED) is 0.568. The number of rotatable bonds is 4. The van der Waals surface area contributed by atoms with Crippen LogP contribution >= 0.6 is 11.6 Å². The molecule has 0 saturated heterocycles. The first-order valence-corrected chi connectivity index (χ1v) is 10.2. The number of aliphatic carboxylic acids is 1. The largest absolute Gasteiger partial charge is 0.481 e. The fourth-order valence-electron chi connectivity index (χ4n) is 4.97. The minimum atomic E-state index is -0.898. The second kappa shape index (κ2) is 7.16. The number of aromatic nitrogens is 4. The van der Waals surface area contributed by atoms with E-state index < -0.39 is 29.6 Å². The van der Waals surface area contributed by atoms with Crippen LogP contribution in [0.5, 0.6) is 0 Å². The molecule has 3 heterocycles. The summed E-state index contributed by atoms with van der Waals surface area (Å²) < 4.78 is 29.2. The van der Waals surface area contributed by atoms with Gasteiger partial charge >= 0.3 is 5.97 Å². The van der Waals surface area contributed by atoms with Crippen molar-refractivity contribution in [2.45, 2.75) is 31.7 Å². The minimum absolute atomic E-state index is 0.0535. The van der Waals surface area contributed by atoms with Crippen LogP contribution in [0.2, 0.25) is 5.02 Å². The zero-order valence-corrected chi connectivity index (χ0v) is 16.5. The lowest BCUT2D eigenvalue weighted by molar-refractivity contribution is -0.148. The molecule has 0 aromatic carbocycles. The van der Waals surface area contributed by atoms with Gasteiger partial charge in [0.1, 0.15) is 5.69 Å². The molecule has 3 fully saturated rings. The molecule has 3 aliphatic rings. The number of aromatic amines is 1. The molecule has 0 aliphatic heterocycles. The van der Waals surface area contributed by atoms with Crippen molar-refractivity contribution >= 4 is 34.4 Å². The van der Waals surface area contributed by atoms with Gasteiger partial charge in [-0.25, -0.2) is 18.7 Å². The number of nitrogens with zero attached hydrogens (tertiary/aromatic N) is 3. The maximum absolute atomic E-state index is 14.6. The number of carboxylic acid groups (broad SMARTS) is 1. The maximum atomic E-state index is 14.6. The Morgan fingerprint density at radius 3 is 2.63 bits per heavy atom. The Labute approximate surface area is 174 Å². The number of halogens is 3. The van der Waals surface area contributed by atoms with E-state index in [1.807, 2.05) is 0 Å². The predicted octanol–water partition coefficient (Wildman–Crippen LogP) is 4.25. The van der Waals surface area contributed by atoms with Gasteiger partial charge in [-0.05, 0) is 43.6 Å². The smallest absolute Gasteiger partial charge is 0.308 e. The molecule has 3 aromatic rings. The van der Waals surface area contributed by atoms with Crippen LogP contribution in [0, 0.1) is 29.4 Å². The number of pyridine rings is 2. The van der Waals surface area contributed by atoms with Gasteiger partial charge in [0, 0.05) is 23.7 Å². The molecular formula is C20H18ClF2N5O2. The van der Waals surface area contributed by atoms with E-state index >= 15 is 0 Å². The fraction of sp³-hybridized carbons (Fsp3) is 0.400. The standard InChI is InChI=1S/C20H18ClF2N5O2/c21-10-5-11-16(27-28-18(11)24-7-10)17-12(22)6-13(23)19(26-17)25-15-9-3-1-8(2-4-9)14(15)20(29)30/h5-9,14-15H,1-4H2,(H,25,26)(H,29,30)(H,24,27,28)/t8?,9?,14-,15?/m1/s1. The Kier molecular flexibility index (Phi) is 4.57. The Balaban J connectivity index is 1.55. The maximum Gasteiger partial charge on any atom is 0.308 e. The van der Waals surface area contributed by atoms with E-state index in [1.165, 1.54) is 6.20 Å². The summed E-state index contributed by atoms with van der Waals surface area (Å²) >= 11 is 6.00. The number of H-pyrrole nitrogens is 1. The number of hydrogen-bond acceptors (Lipinski definition) is 5. The van der Waals surface area contributed by atoms with Crippen LogP contribution in [0.1, 0.15) is 25.7 Å². The summed E-state index contributed by atoms with van der Waals surface area (Å²) in [5, 5.41) is 20.2. The molecule has 3 saturated carbocycles. The van der Waals surface area contributed by atoms with Crippen molar-refractivity contribution < 1.29 is 18.7 Å². The van der Waals surface area contributed by atoms with E-state index in [4.69, 9.17) is 11.6 Å². The molecule has 0 amide bonds. The Bertz CT molecular complexity index is 1150. The van der Waals surface area contributed by atoms with Crippen molar-refractivity contribution in [3.63, 3.8) is 0 Å². The van der Waals surface area contributed by atoms with Gasteiger partial charge in [-0.2, -0.15) is 5.10 Å². The minimum Gasteiger partial charge on any atom is -0.481 e. The second-order valence-corrected chi connectivity index (χ2v) is 8.42. The predicted molar refractivity (Wildman–Crippen MR) is 106 cm³/mol. The highest BCUT2D eigenvalue weighted by Crippen LogP contribution is 2.46. The summed E-state index contributed by atoms with van der Waals surface area (Å²) in [6, 6.07) is 1.86. The van der Waals surface area contributed by atoms with Gasteiger partial charge in [-0.1, -0.05) is 11.6 Å².